The maximum absolute atomic E-state index is 13.8. The second-order valence-corrected chi connectivity index (χ2v) is 5.70. The molecule has 0 aromatic heterocycles. The van der Waals surface area contributed by atoms with E-state index in [1.165, 1.54) is 30.3 Å². The van der Waals surface area contributed by atoms with Crippen molar-refractivity contribution in [2.45, 2.75) is 4.90 Å². The quantitative estimate of drug-likeness (QED) is 0.799. The van der Waals surface area contributed by atoms with Crippen LogP contribution in [0.2, 0.25) is 0 Å². The highest BCUT2D eigenvalue weighted by Crippen LogP contribution is 2.26. The molecule has 0 heterocycles. The Balaban J connectivity index is 2.42. The Hall–Kier alpha value is -2.45. The molecule has 0 radical (unpaired) electrons. The van der Waals surface area contributed by atoms with Crippen LogP contribution < -0.4 is 10.5 Å². The van der Waals surface area contributed by atoms with Crippen molar-refractivity contribution in [1.29, 1.82) is 0 Å². The molecule has 0 bridgehead atoms. The number of primary sulfonamides is 1. The summed E-state index contributed by atoms with van der Waals surface area (Å²) in [6, 6.07) is 8.98. The highest BCUT2D eigenvalue weighted by Gasteiger charge is 2.15. The van der Waals surface area contributed by atoms with Crippen molar-refractivity contribution in [2.75, 3.05) is 5.32 Å². The molecule has 0 unspecified atom stereocenters. The van der Waals surface area contributed by atoms with E-state index in [4.69, 9.17) is 10.2 Å². The van der Waals surface area contributed by atoms with Crippen molar-refractivity contribution < 1.29 is 22.7 Å². The van der Waals surface area contributed by atoms with E-state index in [2.05, 4.69) is 5.32 Å². The first-order valence-corrected chi connectivity index (χ1v) is 7.25. The Bertz CT molecular complexity index is 806. The Morgan fingerprint density at radius 2 is 1.81 bits per heavy atom. The number of halogens is 1. The van der Waals surface area contributed by atoms with Gasteiger partial charge in [0.15, 0.2) is 0 Å². The Kier molecular flexibility index (Phi) is 3.92. The van der Waals surface area contributed by atoms with E-state index < -0.39 is 21.8 Å². The number of hydrogen-bond acceptors (Lipinski definition) is 4. The number of aromatic carboxylic acids is 1. The summed E-state index contributed by atoms with van der Waals surface area (Å²) in [6.07, 6.45) is 0. The molecule has 0 aliphatic carbocycles. The summed E-state index contributed by atoms with van der Waals surface area (Å²) in [7, 11) is -3.97. The Morgan fingerprint density at radius 1 is 1.14 bits per heavy atom. The number of benzene rings is 2. The van der Waals surface area contributed by atoms with E-state index in [0.717, 1.165) is 6.07 Å². The van der Waals surface area contributed by atoms with Crippen LogP contribution in [-0.4, -0.2) is 19.5 Å². The third kappa shape index (κ3) is 3.36. The van der Waals surface area contributed by atoms with Gasteiger partial charge in [-0.1, -0.05) is 12.1 Å². The lowest BCUT2D eigenvalue weighted by atomic mass is 10.2. The molecule has 2 aromatic rings. The molecule has 21 heavy (non-hydrogen) atoms. The topological polar surface area (TPSA) is 109 Å². The maximum atomic E-state index is 13.8. The van der Waals surface area contributed by atoms with Crippen LogP contribution >= 0.6 is 0 Å². The SMILES string of the molecule is NS(=O)(=O)c1ccccc1Nc1ccc(C(=O)O)cc1F. The summed E-state index contributed by atoms with van der Waals surface area (Å²) in [5, 5.41) is 16.4. The number of carbonyl (C=O) groups is 1. The molecule has 0 spiro atoms. The van der Waals surface area contributed by atoms with E-state index in [-0.39, 0.29) is 21.8 Å². The van der Waals surface area contributed by atoms with Crippen LogP contribution in [0.5, 0.6) is 0 Å². The zero-order chi connectivity index (χ0) is 15.6. The van der Waals surface area contributed by atoms with E-state index in [9.17, 15) is 17.6 Å². The van der Waals surface area contributed by atoms with Crippen LogP contribution in [0.15, 0.2) is 47.4 Å². The van der Waals surface area contributed by atoms with Crippen molar-refractivity contribution in [3.8, 4) is 0 Å². The molecule has 2 aromatic carbocycles. The predicted molar refractivity (Wildman–Crippen MR) is 74.5 cm³/mol. The fourth-order valence-corrected chi connectivity index (χ4v) is 2.41. The fraction of sp³-hybridized carbons (Fsp3) is 0. The number of anilines is 2. The second-order valence-electron chi connectivity index (χ2n) is 4.17. The number of hydrogen-bond donors (Lipinski definition) is 3. The Morgan fingerprint density at radius 3 is 2.38 bits per heavy atom. The number of rotatable bonds is 4. The van der Waals surface area contributed by atoms with Gasteiger partial charge in [-0.25, -0.2) is 22.7 Å². The summed E-state index contributed by atoms with van der Waals surface area (Å²) in [5.74, 6) is -2.08. The fourth-order valence-electron chi connectivity index (χ4n) is 1.71. The molecular formula is C13H11FN2O4S. The molecule has 110 valence electrons. The minimum atomic E-state index is -3.97. The highest BCUT2D eigenvalue weighted by molar-refractivity contribution is 7.89. The number of carboxylic acids is 1. The number of para-hydroxylation sites is 1. The van der Waals surface area contributed by atoms with E-state index in [0.29, 0.717) is 0 Å². The standard InChI is InChI=1S/C13H11FN2O4S/c14-9-7-8(13(17)18)5-6-10(9)16-11-3-1-2-4-12(11)21(15,19)20/h1-7,16H,(H,17,18)(H2,15,19,20). The van der Waals surface area contributed by atoms with Crippen LogP contribution in [0.1, 0.15) is 10.4 Å². The van der Waals surface area contributed by atoms with Gasteiger partial charge in [-0.3, -0.25) is 0 Å². The van der Waals surface area contributed by atoms with Crippen molar-refractivity contribution in [3.63, 3.8) is 0 Å². The number of nitrogens with two attached hydrogens (primary N) is 1. The van der Waals surface area contributed by atoms with Gasteiger partial charge in [0, 0.05) is 0 Å². The molecular weight excluding hydrogens is 299 g/mol. The highest BCUT2D eigenvalue weighted by atomic mass is 32.2. The molecule has 0 aliphatic rings. The number of sulfonamides is 1. The first kappa shape index (κ1) is 14.9. The van der Waals surface area contributed by atoms with Crippen LogP contribution in [0.25, 0.3) is 0 Å². The van der Waals surface area contributed by atoms with Crippen molar-refractivity contribution in [1.82, 2.24) is 0 Å². The molecule has 6 nitrogen and oxygen atoms in total. The number of carboxylic acid groups (broad SMARTS) is 1. The average Bonchev–Trinajstić information content (AvgIpc) is 2.40. The third-order valence-corrected chi connectivity index (χ3v) is 3.65. The van der Waals surface area contributed by atoms with Crippen LogP contribution in [0, 0.1) is 5.82 Å². The van der Waals surface area contributed by atoms with Crippen molar-refractivity contribution in [2.24, 2.45) is 5.14 Å². The summed E-state index contributed by atoms with van der Waals surface area (Å²) in [5.41, 5.74) is -0.171. The van der Waals surface area contributed by atoms with E-state index in [1.807, 2.05) is 0 Å². The van der Waals surface area contributed by atoms with Gasteiger partial charge >= 0.3 is 5.97 Å². The van der Waals surface area contributed by atoms with E-state index >= 15 is 0 Å². The van der Waals surface area contributed by atoms with Crippen molar-refractivity contribution in [3.05, 3.63) is 53.8 Å². The minimum absolute atomic E-state index is 0.0592. The molecule has 0 saturated heterocycles. The zero-order valence-corrected chi connectivity index (χ0v) is 11.4. The van der Waals surface area contributed by atoms with E-state index in [1.54, 1.807) is 6.07 Å². The summed E-state index contributed by atoms with van der Waals surface area (Å²) in [4.78, 5) is 10.5. The van der Waals surface area contributed by atoms with Crippen LogP contribution in [-0.2, 0) is 10.0 Å². The number of nitrogens with one attached hydrogen (secondary N) is 1. The van der Waals surface area contributed by atoms with Crippen molar-refractivity contribution >= 4 is 27.4 Å². The molecule has 2 rings (SSSR count). The monoisotopic (exact) mass is 310 g/mol. The molecule has 4 N–H and O–H groups in total. The van der Waals surface area contributed by atoms with Gasteiger partial charge in [0.2, 0.25) is 10.0 Å². The molecule has 0 fully saturated rings. The molecule has 0 atom stereocenters. The maximum Gasteiger partial charge on any atom is 0.335 e. The first-order valence-electron chi connectivity index (χ1n) is 5.71. The van der Waals surface area contributed by atoms with Gasteiger partial charge < -0.3 is 10.4 Å². The van der Waals surface area contributed by atoms with Gasteiger partial charge in [0.25, 0.3) is 0 Å². The summed E-state index contributed by atoms with van der Waals surface area (Å²) >= 11 is 0. The van der Waals surface area contributed by atoms with Crippen LogP contribution in [0.4, 0.5) is 15.8 Å². The smallest absolute Gasteiger partial charge is 0.335 e. The van der Waals surface area contributed by atoms with Gasteiger partial charge in [0.05, 0.1) is 16.9 Å². The van der Waals surface area contributed by atoms with Crippen LogP contribution in [0.3, 0.4) is 0 Å². The normalized spacial score (nSPS) is 11.1. The van der Waals surface area contributed by atoms with Gasteiger partial charge in [-0.2, -0.15) is 0 Å². The summed E-state index contributed by atoms with van der Waals surface area (Å²) in [6.45, 7) is 0. The Labute approximate surface area is 120 Å². The van der Waals surface area contributed by atoms with Gasteiger partial charge in [-0.15, -0.1) is 0 Å². The molecule has 8 heteroatoms. The third-order valence-electron chi connectivity index (χ3n) is 2.68. The predicted octanol–water partition coefficient (Wildman–Crippen LogP) is 1.91. The lowest BCUT2D eigenvalue weighted by Gasteiger charge is -2.11. The van der Waals surface area contributed by atoms with Gasteiger partial charge in [-0.05, 0) is 30.3 Å². The molecule has 0 aliphatic heterocycles. The second kappa shape index (κ2) is 5.51. The minimum Gasteiger partial charge on any atom is -0.478 e. The average molecular weight is 310 g/mol. The molecule has 0 amide bonds. The first-order chi connectivity index (χ1) is 9.79. The zero-order valence-electron chi connectivity index (χ0n) is 10.6. The lowest BCUT2D eigenvalue weighted by molar-refractivity contribution is 0.0696. The van der Waals surface area contributed by atoms with Gasteiger partial charge in [0.1, 0.15) is 10.7 Å². The largest absolute Gasteiger partial charge is 0.478 e. The lowest BCUT2D eigenvalue weighted by Crippen LogP contribution is -2.14. The molecule has 0 saturated carbocycles. The summed E-state index contributed by atoms with van der Waals surface area (Å²) < 4.78 is 36.7.